The summed E-state index contributed by atoms with van der Waals surface area (Å²) < 4.78 is 18.2. The second-order valence-corrected chi connectivity index (χ2v) is 4.16. The molecule has 1 saturated heterocycles. The first kappa shape index (κ1) is 10.9. The van der Waals surface area contributed by atoms with Gasteiger partial charge in [-0.2, -0.15) is 0 Å². The quantitative estimate of drug-likeness (QED) is 0.859. The van der Waals surface area contributed by atoms with Crippen LogP contribution >= 0.6 is 11.6 Å². The lowest BCUT2D eigenvalue weighted by molar-refractivity contribution is 0.190. The zero-order valence-corrected chi connectivity index (χ0v) is 9.06. The van der Waals surface area contributed by atoms with Crippen LogP contribution in [0.25, 0.3) is 0 Å². The molecule has 0 aliphatic carbocycles. The van der Waals surface area contributed by atoms with Crippen LogP contribution < -0.4 is 5.32 Å². The fourth-order valence-corrected chi connectivity index (χ4v) is 1.92. The summed E-state index contributed by atoms with van der Waals surface area (Å²) >= 11 is 5.75. The molecule has 0 saturated carbocycles. The molecule has 1 aromatic rings. The molecule has 82 valence electrons. The van der Waals surface area contributed by atoms with Gasteiger partial charge in [0.25, 0.3) is 0 Å². The minimum absolute atomic E-state index is 0.290. The van der Waals surface area contributed by atoms with Crippen molar-refractivity contribution in [2.75, 3.05) is 13.2 Å². The summed E-state index contributed by atoms with van der Waals surface area (Å²) in [4.78, 5) is 0. The van der Waals surface area contributed by atoms with Crippen LogP contribution in [-0.2, 0) is 11.3 Å². The SMILES string of the molecule is Fc1cc(Cl)cc(CNC2CCOC2)c1. The van der Waals surface area contributed by atoms with E-state index in [1.165, 1.54) is 12.1 Å². The van der Waals surface area contributed by atoms with Crippen molar-refractivity contribution in [1.82, 2.24) is 5.32 Å². The zero-order chi connectivity index (χ0) is 10.7. The van der Waals surface area contributed by atoms with Crippen molar-refractivity contribution in [2.24, 2.45) is 0 Å². The molecule has 0 amide bonds. The second-order valence-electron chi connectivity index (χ2n) is 3.72. The van der Waals surface area contributed by atoms with Crippen molar-refractivity contribution in [3.05, 3.63) is 34.6 Å². The van der Waals surface area contributed by atoms with Gasteiger partial charge in [-0.05, 0) is 30.2 Å². The Bertz CT molecular complexity index is 319. The highest BCUT2D eigenvalue weighted by Gasteiger charge is 2.14. The lowest BCUT2D eigenvalue weighted by Gasteiger charge is -2.10. The maximum absolute atomic E-state index is 13.0. The molecule has 1 N–H and O–H groups in total. The Kier molecular flexibility index (Phi) is 3.57. The number of rotatable bonds is 3. The number of hydrogen-bond donors (Lipinski definition) is 1. The molecule has 1 unspecified atom stereocenters. The second kappa shape index (κ2) is 4.92. The van der Waals surface area contributed by atoms with Gasteiger partial charge in [-0.15, -0.1) is 0 Å². The van der Waals surface area contributed by atoms with Crippen LogP contribution in [0.2, 0.25) is 5.02 Å². The van der Waals surface area contributed by atoms with Gasteiger partial charge in [0.2, 0.25) is 0 Å². The van der Waals surface area contributed by atoms with Crippen molar-refractivity contribution in [3.63, 3.8) is 0 Å². The summed E-state index contributed by atoms with van der Waals surface area (Å²) in [6, 6.07) is 4.96. The minimum Gasteiger partial charge on any atom is -0.380 e. The van der Waals surface area contributed by atoms with Gasteiger partial charge in [0.15, 0.2) is 0 Å². The van der Waals surface area contributed by atoms with E-state index in [1.54, 1.807) is 6.07 Å². The summed E-state index contributed by atoms with van der Waals surface area (Å²) in [5.41, 5.74) is 0.868. The average Bonchev–Trinajstić information content (AvgIpc) is 2.65. The van der Waals surface area contributed by atoms with Crippen LogP contribution in [0.4, 0.5) is 4.39 Å². The zero-order valence-electron chi connectivity index (χ0n) is 8.30. The molecule has 1 aromatic carbocycles. The Morgan fingerprint density at radius 2 is 2.33 bits per heavy atom. The summed E-state index contributed by atoms with van der Waals surface area (Å²) in [5.74, 6) is -0.290. The van der Waals surface area contributed by atoms with E-state index in [2.05, 4.69) is 5.32 Å². The maximum Gasteiger partial charge on any atom is 0.125 e. The first-order valence-corrected chi connectivity index (χ1v) is 5.38. The Labute approximate surface area is 93.4 Å². The highest BCUT2D eigenvalue weighted by atomic mass is 35.5. The van der Waals surface area contributed by atoms with E-state index < -0.39 is 0 Å². The molecule has 0 spiro atoms. The molecule has 1 fully saturated rings. The first-order valence-electron chi connectivity index (χ1n) is 5.00. The minimum atomic E-state index is -0.290. The van der Waals surface area contributed by atoms with Crippen LogP contribution in [0.1, 0.15) is 12.0 Å². The summed E-state index contributed by atoms with van der Waals surface area (Å²) in [6.45, 7) is 2.18. The van der Waals surface area contributed by atoms with Gasteiger partial charge < -0.3 is 10.1 Å². The molecular weight excluding hydrogens is 217 g/mol. The summed E-state index contributed by atoms with van der Waals surface area (Å²) in [5, 5.41) is 3.74. The smallest absolute Gasteiger partial charge is 0.125 e. The van der Waals surface area contributed by atoms with Crippen LogP contribution in [0.15, 0.2) is 18.2 Å². The lowest BCUT2D eigenvalue weighted by Crippen LogP contribution is -2.28. The summed E-state index contributed by atoms with van der Waals surface area (Å²) in [6.07, 6.45) is 1.02. The van der Waals surface area contributed by atoms with E-state index in [9.17, 15) is 4.39 Å². The highest BCUT2D eigenvalue weighted by molar-refractivity contribution is 6.30. The fourth-order valence-electron chi connectivity index (χ4n) is 1.67. The maximum atomic E-state index is 13.0. The highest BCUT2D eigenvalue weighted by Crippen LogP contribution is 2.14. The molecule has 0 bridgehead atoms. The van der Waals surface area contributed by atoms with Crippen LogP contribution in [0, 0.1) is 5.82 Å². The van der Waals surface area contributed by atoms with Crippen molar-refractivity contribution in [3.8, 4) is 0 Å². The molecule has 2 rings (SSSR count). The van der Waals surface area contributed by atoms with Crippen molar-refractivity contribution in [2.45, 2.75) is 19.0 Å². The van der Waals surface area contributed by atoms with E-state index in [4.69, 9.17) is 16.3 Å². The number of ether oxygens (including phenoxy) is 1. The first-order chi connectivity index (χ1) is 7.24. The van der Waals surface area contributed by atoms with E-state index in [0.717, 1.165) is 25.2 Å². The molecule has 1 atom stereocenters. The third-order valence-electron chi connectivity index (χ3n) is 2.45. The normalized spacial score (nSPS) is 20.8. The number of nitrogens with one attached hydrogen (secondary N) is 1. The number of halogens is 2. The van der Waals surface area contributed by atoms with Crippen molar-refractivity contribution < 1.29 is 9.13 Å². The van der Waals surface area contributed by atoms with Gasteiger partial charge >= 0.3 is 0 Å². The molecule has 0 radical (unpaired) electrons. The van der Waals surface area contributed by atoms with Gasteiger partial charge in [0.05, 0.1) is 6.61 Å². The topological polar surface area (TPSA) is 21.3 Å². The van der Waals surface area contributed by atoms with E-state index in [0.29, 0.717) is 17.6 Å². The molecule has 15 heavy (non-hydrogen) atoms. The van der Waals surface area contributed by atoms with Gasteiger partial charge in [0.1, 0.15) is 5.82 Å². The Morgan fingerprint density at radius 3 is 3.00 bits per heavy atom. The predicted molar refractivity (Wildman–Crippen MR) is 57.5 cm³/mol. The Morgan fingerprint density at radius 1 is 1.47 bits per heavy atom. The summed E-state index contributed by atoms with van der Waals surface area (Å²) in [7, 11) is 0. The Hall–Kier alpha value is -0.640. The molecule has 2 nitrogen and oxygen atoms in total. The van der Waals surface area contributed by atoms with Crippen molar-refractivity contribution >= 4 is 11.6 Å². The molecular formula is C11H13ClFNO. The van der Waals surface area contributed by atoms with Crippen LogP contribution in [0.5, 0.6) is 0 Å². The van der Waals surface area contributed by atoms with E-state index in [1.807, 2.05) is 0 Å². The molecule has 1 aliphatic rings. The molecule has 1 aliphatic heterocycles. The van der Waals surface area contributed by atoms with E-state index in [-0.39, 0.29) is 5.82 Å². The Balaban J connectivity index is 1.92. The van der Waals surface area contributed by atoms with E-state index >= 15 is 0 Å². The average molecular weight is 230 g/mol. The lowest BCUT2D eigenvalue weighted by atomic mass is 10.2. The monoisotopic (exact) mass is 229 g/mol. The molecule has 0 aromatic heterocycles. The van der Waals surface area contributed by atoms with Crippen LogP contribution in [0.3, 0.4) is 0 Å². The van der Waals surface area contributed by atoms with Crippen molar-refractivity contribution in [1.29, 1.82) is 0 Å². The van der Waals surface area contributed by atoms with Gasteiger partial charge in [-0.1, -0.05) is 11.6 Å². The fraction of sp³-hybridized carbons (Fsp3) is 0.455. The predicted octanol–water partition coefficient (Wildman–Crippen LogP) is 2.36. The van der Waals surface area contributed by atoms with Gasteiger partial charge in [0, 0.05) is 24.2 Å². The van der Waals surface area contributed by atoms with Gasteiger partial charge in [-0.3, -0.25) is 0 Å². The number of benzene rings is 1. The standard InChI is InChI=1S/C11H13ClFNO/c12-9-3-8(4-10(13)5-9)6-14-11-1-2-15-7-11/h3-5,11,14H,1-2,6-7H2. The third kappa shape index (κ3) is 3.16. The van der Waals surface area contributed by atoms with Gasteiger partial charge in [-0.25, -0.2) is 4.39 Å². The third-order valence-corrected chi connectivity index (χ3v) is 2.67. The molecule has 1 heterocycles. The molecule has 4 heteroatoms. The number of hydrogen-bond acceptors (Lipinski definition) is 2. The largest absolute Gasteiger partial charge is 0.380 e. The van der Waals surface area contributed by atoms with Crippen LogP contribution in [-0.4, -0.2) is 19.3 Å².